The third-order valence-corrected chi connectivity index (χ3v) is 5.80. The van der Waals surface area contributed by atoms with E-state index >= 15 is 0 Å². The highest BCUT2D eigenvalue weighted by Gasteiger charge is 2.15. The van der Waals surface area contributed by atoms with Crippen molar-refractivity contribution in [1.82, 2.24) is 10.4 Å². The van der Waals surface area contributed by atoms with Crippen LogP contribution in [0.1, 0.15) is 37.7 Å². The van der Waals surface area contributed by atoms with E-state index in [1.165, 1.54) is 24.1 Å². The van der Waals surface area contributed by atoms with E-state index in [4.69, 9.17) is 19.0 Å². The molecule has 0 saturated carbocycles. The summed E-state index contributed by atoms with van der Waals surface area (Å²) in [4.78, 5) is 12.3. The normalized spacial score (nSPS) is 16.7. The van der Waals surface area contributed by atoms with Crippen molar-refractivity contribution in [3.8, 4) is 11.5 Å². The van der Waals surface area contributed by atoms with Crippen LogP contribution in [0.25, 0.3) is 0 Å². The zero-order valence-corrected chi connectivity index (χ0v) is 19.6. The van der Waals surface area contributed by atoms with Crippen molar-refractivity contribution in [3.05, 3.63) is 65.6 Å². The number of methoxy groups -OCH3 is 1. The monoisotopic (exact) mass is 469 g/mol. The van der Waals surface area contributed by atoms with Gasteiger partial charge in [-0.3, -0.25) is 0 Å². The maximum absolute atomic E-state index is 14.0. The Balaban J connectivity index is 1.31. The minimum atomic E-state index is -0.428. The first-order chi connectivity index (χ1) is 16.7. The molecule has 7 nitrogen and oxygen atoms in total. The van der Waals surface area contributed by atoms with Gasteiger partial charge in [0.2, 0.25) is 0 Å². The van der Waals surface area contributed by atoms with Gasteiger partial charge in [-0.25, -0.2) is 9.87 Å². The minimum Gasteiger partial charge on any atom is -0.489 e. The third-order valence-electron chi connectivity index (χ3n) is 5.80. The third kappa shape index (κ3) is 7.12. The van der Waals surface area contributed by atoms with Gasteiger partial charge in [0.05, 0.1) is 26.0 Å². The Bertz CT molecular complexity index is 980. The van der Waals surface area contributed by atoms with Gasteiger partial charge in [0.25, 0.3) is 6.02 Å². The van der Waals surface area contributed by atoms with Crippen LogP contribution in [0.3, 0.4) is 0 Å². The first-order valence-electron chi connectivity index (χ1n) is 11.8. The standard InChI is InChI=1S/C26H32FN3O4/c1-31-26(30-11-3-2-4-12-30)29-23-7-5-21(6-8-23)19-33-24-15-22(27)16-25(17-24)34-28-18-20-9-13-32-14-10-20/h5-8,15-18,28H,2-4,9-14,19H2,1H3. The molecular weight excluding hydrogens is 437 g/mol. The Morgan fingerprint density at radius 2 is 1.79 bits per heavy atom. The molecule has 0 radical (unpaired) electrons. The second kappa shape index (κ2) is 12.3. The summed E-state index contributed by atoms with van der Waals surface area (Å²) < 4.78 is 30.7. The largest absolute Gasteiger partial charge is 0.489 e. The van der Waals surface area contributed by atoms with Gasteiger partial charge < -0.3 is 23.9 Å². The molecule has 2 aliphatic heterocycles. The first-order valence-corrected chi connectivity index (χ1v) is 11.8. The van der Waals surface area contributed by atoms with E-state index in [9.17, 15) is 4.39 Å². The van der Waals surface area contributed by atoms with Gasteiger partial charge >= 0.3 is 0 Å². The number of piperidine rings is 1. The van der Waals surface area contributed by atoms with Gasteiger partial charge in [0.1, 0.15) is 18.2 Å². The Labute approximate surface area is 200 Å². The van der Waals surface area contributed by atoms with E-state index in [-0.39, 0.29) is 0 Å². The number of benzene rings is 2. The maximum Gasteiger partial charge on any atom is 0.292 e. The van der Waals surface area contributed by atoms with E-state index in [1.54, 1.807) is 19.4 Å². The molecule has 2 saturated heterocycles. The first kappa shape index (κ1) is 23.9. The molecule has 0 spiro atoms. The number of nitrogens with one attached hydrogen (secondary N) is 1. The average Bonchev–Trinajstić information content (AvgIpc) is 2.88. The highest BCUT2D eigenvalue weighted by Crippen LogP contribution is 2.24. The molecule has 2 fully saturated rings. The lowest BCUT2D eigenvalue weighted by Crippen LogP contribution is -2.36. The number of likely N-dealkylation sites (tertiary alicyclic amines) is 1. The van der Waals surface area contributed by atoms with Crippen LogP contribution in [0.2, 0.25) is 0 Å². The second-order valence-electron chi connectivity index (χ2n) is 8.36. The number of rotatable bonds is 7. The molecule has 2 aromatic rings. The summed E-state index contributed by atoms with van der Waals surface area (Å²) in [6.45, 7) is 3.67. The van der Waals surface area contributed by atoms with E-state index in [0.717, 1.165) is 50.0 Å². The van der Waals surface area contributed by atoms with Crippen molar-refractivity contribution >= 4 is 11.7 Å². The maximum atomic E-state index is 14.0. The van der Waals surface area contributed by atoms with Gasteiger partial charge in [0, 0.05) is 37.5 Å². The van der Waals surface area contributed by atoms with Gasteiger partial charge in [0.15, 0.2) is 5.75 Å². The van der Waals surface area contributed by atoms with Crippen LogP contribution in [0, 0.1) is 5.82 Å². The van der Waals surface area contributed by atoms with Crippen molar-refractivity contribution in [1.29, 1.82) is 0 Å². The summed E-state index contributed by atoms with van der Waals surface area (Å²) in [6.07, 6.45) is 7.11. The smallest absolute Gasteiger partial charge is 0.292 e. The van der Waals surface area contributed by atoms with Crippen LogP contribution in [0.4, 0.5) is 10.1 Å². The predicted molar refractivity (Wildman–Crippen MR) is 129 cm³/mol. The van der Waals surface area contributed by atoms with Crippen molar-refractivity contribution in [2.24, 2.45) is 4.99 Å². The van der Waals surface area contributed by atoms with Crippen LogP contribution in [0.15, 0.2) is 59.2 Å². The topological polar surface area (TPSA) is 64.5 Å². The molecule has 1 N–H and O–H groups in total. The summed E-state index contributed by atoms with van der Waals surface area (Å²) in [6, 6.07) is 12.7. The molecule has 182 valence electrons. The van der Waals surface area contributed by atoms with Gasteiger partial charge in [-0.05, 0) is 55.4 Å². The van der Waals surface area contributed by atoms with Crippen LogP contribution < -0.4 is 15.1 Å². The number of hydrogen-bond acceptors (Lipinski definition) is 6. The van der Waals surface area contributed by atoms with E-state index in [1.807, 2.05) is 24.3 Å². The number of hydrogen-bond donors (Lipinski definition) is 1. The number of ether oxygens (including phenoxy) is 3. The number of amidine groups is 1. The van der Waals surface area contributed by atoms with Gasteiger partial charge in [-0.2, -0.15) is 4.99 Å². The molecule has 8 heteroatoms. The number of halogens is 1. The lowest BCUT2D eigenvalue weighted by Gasteiger charge is -2.28. The number of aliphatic imine (C=N–C) groups is 1. The van der Waals surface area contributed by atoms with E-state index in [0.29, 0.717) is 37.3 Å². The summed E-state index contributed by atoms with van der Waals surface area (Å²) in [7, 11) is 1.66. The lowest BCUT2D eigenvalue weighted by atomic mass is 10.1. The van der Waals surface area contributed by atoms with Crippen molar-refractivity contribution in [2.45, 2.75) is 38.7 Å². The predicted octanol–water partition coefficient (Wildman–Crippen LogP) is 5.10. The van der Waals surface area contributed by atoms with Crippen LogP contribution in [0.5, 0.6) is 11.5 Å². The van der Waals surface area contributed by atoms with Crippen LogP contribution in [-0.4, -0.2) is 44.3 Å². The van der Waals surface area contributed by atoms with Crippen LogP contribution >= 0.6 is 0 Å². The fourth-order valence-electron chi connectivity index (χ4n) is 3.91. The molecule has 0 aliphatic carbocycles. The molecule has 4 rings (SSSR count). The SMILES string of the molecule is COC(=Nc1ccc(COc2cc(F)cc(ONC=C3CCOCC3)c2)cc1)N1CCCCC1. The van der Waals surface area contributed by atoms with E-state index in [2.05, 4.69) is 15.4 Å². The lowest BCUT2D eigenvalue weighted by molar-refractivity contribution is 0.117. The van der Waals surface area contributed by atoms with Gasteiger partial charge in [-0.1, -0.05) is 12.1 Å². The summed E-state index contributed by atoms with van der Waals surface area (Å²) in [5.74, 6) is 0.306. The van der Waals surface area contributed by atoms with Crippen molar-refractivity contribution < 1.29 is 23.4 Å². The zero-order valence-electron chi connectivity index (χ0n) is 19.6. The molecule has 0 amide bonds. The van der Waals surface area contributed by atoms with Crippen molar-refractivity contribution in [3.63, 3.8) is 0 Å². The van der Waals surface area contributed by atoms with Crippen molar-refractivity contribution in [2.75, 3.05) is 33.4 Å². The van der Waals surface area contributed by atoms with Gasteiger partial charge in [-0.15, -0.1) is 0 Å². The molecule has 0 aromatic heterocycles. The molecular formula is C26H32FN3O4. The second-order valence-corrected chi connectivity index (χ2v) is 8.36. The molecule has 2 heterocycles. The summed E-state index contributed by atoms with van der Waals surface area (Å²) in [5.41, 5.74) is 5.76. The molecule has 2 aliphatic rings. The molecule has 34 heavy (non-hydrogen) atoms. The van der Waals surface area contributed by atoms with E-state index < -0.39 is 5.82 Å². The molecule has 2 aromatic carbocycles. The van der Waals surface area contributed by atoms with Crippen LogP contribution in [-0.2, 0) is 16.1 Å². The Morgan fingerprint density at radius 1 is 1.06 bits per heavy atom. The Morgan fingerprint density at radius 3 is 2.53 bits per heavy atom. The number of hydroxylamine groups is 1. The molecule has 0 unspecified atom stereocenters. The average molecular weight is 470 g/mol. The molecule has 0 atom stereocenters. The highest BCUT2D eigenvalue weighted by atomic mass is 19.1. The minimum absolute atomic E-state index is 0.299. The quantitative estimate of drug-likeness (QED) is 0.346. The fraction of sp³-hybridized carbons (Fsp3) is 0.423. The zero-order chi connectivity index (χ0) is 23.6. The Kier molecular flexibility index (Phi) is 8.62. The summed E-state index contributed by atoms with van der Waals surface area (Å²) >= 11 is 0. The molecule has 0 bridgehead atoms. The summed E-state index contributed by atoms with van der Waals surface area (Å²) in [5, 5.41) is 0. The highest BCUT2D eigenvalue weighted by molar-refractivity contribution is 5.77. The fourth-order valence-corrected chi connectivity index (χ4v) is 3.91. The number of nitrogens with zero attached hydrogens (tertiary/aromatic N) is 2. The Hall–Kier alpha value is -3.26.